The smallest absolute Gasteiger partial charge is 0.298 e. The first-order valence-electron chi connectivity index (χ1n) is 9.56. The van der Waals surface area contributed by atoms with E-state index in [1.165, 1.54) is 36.0 Å². The largest absolute Gasteiger partial charge is 0.341 e. The molecule has 0 aliphatic rings. The minimum absolute atomic E-state index is 0.395. The van der Waals surface area contributed by atoms with Crippen molar-refractivity contribution in [2.45, 2.75) is 28.1 Å². The van der Waals surface area contributed by atoms with Crippen LogP contribution in [-0.4, -0.2) is 33.9 Å². The van der Waals surface area contributed by atoms with Crippen molar-refractivity contribution in [2.24, 2.45) is 0 Å². The molecule has 2 aromatic heterocycles. The van der Waals surface area contributed by atoms with E-state index in [1.54, 1.807) is 12.4 Å². The average Bonchev–Trinajstić information content (AvgIpc) is 3.21. The molecule has 0 saturated heterocycles. The third-order valence-corrected chi connectivity index (χ3v) is 7.13. The van der Waals surface area contributed by atoms with Crippen molar-refractivity contribution in [1.29, 1.82) is 0 Å². The van der Waals surface area contributed by atoms with Crippen LogP contribution in [0.5, 0.6) is 0 Å². The topological polar surface area (TPSA) is 77.7 Å². The van der Waals surface area contributed by atoms with Gasteiger partial charge in [-0.05, 0) is 35.4 Å². The number of sulfone groups is 1. The lowest BCUT2D eigenvalue weighted by Gasteiger charge is -2.11. The number of thioether (sulfide) groups is 1. The lowest BCUT2D eigenvalue weighted by molar-refractivity contribution is 0.234. The summed E-state index contributed by atoms with van der Waals surface area (Å²) in [7, 11) is -4.60. The van der Waals surface area contributed by atoms with E-state index in [1.807, 2.05) is 47.0 Å². The van der Waals surface area contributed by atoms with Crippen molar-refractivity contribution in [3.63, 3.8) is 0 Å². The molecule has 0 radical (unpaired) electrons. The molecule has 0 amide bonds. The van der Waals surface area contributed by atoms with E-state index in [0.29, 0.717) is 23.3 Å². The number of aromatic nitrogens is 4. The van der Waals surface area contributed by atoms with Crippen LogP contribution in [-0.2, 0) is 22.1 Å². The standard InChI is InChI=1S/C22H18F2N4O2S2/c23-21(24)32(29,30)19-8-6-17(7-9-19)15-31-22-27-26-20(18-10-12-25-13-11-18)28(22)14-16-4-2-1-3-5-16/h1-13,21H,14-15H2. The first kappa shape index (κ1) is 22.1. The van der Waals surface area contributed by atoms with Crippen molar-refractivity contribution in [3.8, 4) is 11.4 Å². The van der Waals surface area contributed by atoms with Gasteiger partial charge >= 0.3 is 5.76 Å². The summed E-state index contributed by atoms with van der Waals surface area (Å²) in [6.07, 6.45) is 3.39. The van der Waals surface area contributed by atoms with Crippen LogP contribution in [0.25, 0.3) is 11.4 Å². The molecule has 32 heavy (non-hydrogen) atoms. The Hall–Kier alpha value is -3.11. The molecule has 0 aliphatic carbocycles. The number of halogens is 2. The molecule has 4 aromatic rings. The van der Waals surface area contributed by atoms with Crippen LogP contribution in [0.4, 0.5) is 8.78 Å². The second-order valence-corrected chi connectivity index (χ2v) is 9.71. The maximum absolute atomic E-state index is 12.7. The highest BCUT2D eigenvalue weighted by Gasteiger charge is 2.26. The summed E-state index contributed by atoms with van der Waals surface area (Å²) in [5.74, 6) is -2.26. The molecule has 0 saturated carbocycles. The van der Waals surface area contributed by atoms with E-state index in [0.717, 1.165) is 16.7 Å². The van der Waals surface area contributed by atoms with Gasteiger partial charge in [-0.15, -0.1) is 10.2 Å². The molecule has 0 N–H and O–H groups in total. The van der Waals surface area contributed by atoms with E-state index >= 15 is 0 Å². The first-order chi connectivity index (χ1) is 15.4. The van der Waals surface area contributed by atoms with Crippen LogP contribution in [0.2, 0.25) is 0 Å². The summed E-state index contributed by atoms with van der Waals surface area (Å²) in [4.78, 5) is 3.66. The van der Waals surface area contributed by atoms with Crippen molar-refractivity contribution < 1.29 is 17.2 Å². The molecule has 10 heteroatoms. The van der Waals surface area contributed by atoms with Gasteiger partial charge in [-0.1, -0.05) is 54.2 Å². The minimum Gasteiger partial charge on any atom is -0.298 e. The highest BCUT2D eigenvalue weighted by Crippen LogP contribution is 2.28. The predicted octanol–water partition coefficient (Wildman–Crippen LogP) is 4.68. The zero-order chi connectivity index (χ0) is 22.6. The third-order valence-electron chi connectivity index (χ3n) is 4.69. The lowest BCUT2D eigenvalue weighted by Crippen LogP contribution is -2.11. The molecular formula is C22H18F2N4O2S2. The van der Waals surface area contributed by atoms with Crippen LogP contribution in [0.3, 0.4) is 0 Å². The highest BCUT2D eigenvalue weighted by atomic mass is 32.2. The van der Waals surface area contributed by atoms with Gasteiger partial charge in [-0.2, -0.15) is 8.78 Å². The molecule has 0 fully saturated rings. The Morgan fingerprint density at radius 1 is 0.875 bits per heavy atom. The van der Waals surface area contributed by atoms with Crippen LogP contribution >= 0.6 is 11.8 Å². The average molecular weight is 473 g/mol. The maximum Gasteiger partial charge on any atom is 0.341 e. The fourth-order valence-electron chi connectivity index (χ4n) is 3.04. The Morgan fingerprint density at radius 2 is 1.56 bits per heavy atom. The molecule has 2 heterocycles. The molecule has 0 aliphatic heterocycles. The number of alkyl halides is 2. The van der Waals surface area contributed by atoms with Crippen molar-refractivity contribution in [3.05, 3.63) is 90.3 Å². The number of rotatable bonds is 8. The normalized spacial score (nSPS) is 11.7. The van der Waals surface area contributed by atoms with E-state index in [2.05, 4.69) is 15.2 Å². The van der Waals surface area contributed by atoms with Gasteiger partial charge in [0, 0.05) is 23.7 Å². The Kier molecular flexibility index (Phi) is 6.61. The molecule has 2 aromatic carbocycles. The fourth-order valence-corrected chi connectivity index (χ4v) is 4.66. The zero-order valence-electron chi connectivity index (χ0n) is 16.7. The number of hydrogen-bond acceptors (Lipinski definition) is 6. The molecule has 4 rings (SSSR count). The first-order valence-corrected chi connectivity index (χ1v) is 12.1. The molecule has 6 nitrogen and oxygen atoms in total. The minimum atomic E-state index is -4.60. The van der Waals surface area contributed by atoms with Crippen LogP contribution < -0.4 is 0 Å². The monoisotopic (exact) mass is 472 g/mol. The summed E-state index contributed by atoms with van der Waals surface area (Å²) in [5.41, 5.74) is 2.76. The Morgan fingerprint density at radius 3 is 2.22 bits per heavy atom. The van der Waals surface area contributed by atoms with E-state index in [4.69, 9.17) is 0 Å². The number of pyridine rings is 1. The third kappa shape index (κ3) is 4.86. The predicted molar refractivity (Wildman–Crippen MR) is 118 cm³/mol. The molecule has 0 atom stereocenters. The van der Waals surface area contributed by atoms with Crippen molar-refractivity contribution in [2.75, 3.05) is 0 Å². The zero-order valence-corrected chi connectivity index (χ0v) is 18.3. The number of hydrogen-bond donors (Lipinski definition) is 0. The second-order valence-electron chi connectivity index (χ2n) is 6.85. The van der Waals surface area contributed by atoms with Gasteiger partial charge in [0.2, 0.25) is 9.84 Å². The molecule has 0 unspecified atom stereocenters. The SMILES string of the molecule is O=S(=O)(c1ccc(CSc2nnc(-c3ccncc3)n2Cc2ccccc2)cc1)C(F)F. The van der Waals surface area contributed by atoms with Crippen LogP contribution in [0.1, 0.15) is 11.1 Å². The van der Waals surface area contributed by atoms with Gasteiger partial charge < -0.3 is 0 Å². The Labute approximate surface area is 188 Å². The van der Waals surface area contributed by atoms with Crippen molar-refractivity contribution in [1.82, 2.24) is 19.7 Å². The van der Waals surface area contributed by atoms with Gasteiger partial charge in [0.05, 0.1) is 11.4 Å². The summed E-state index contributed by atoms with van der Waals surface area (Å²) in [6.45, 7) is 0.569. The van der Waals surface area contributed by atoms with Crippen LogP contribution in [0.15, 0.2) is 89.2 Å². The van der Waals surface area contributed by atoms with E-state index in [-0.39, 0.29) is 0 Å². The lowest BCUT2D eigenvalue weighted by atomic mass is 10.2. The van der Waals surface area contributed by atoms with Gasteiger partial charge in [0.25, 0.3) is 0 Å². The quantitative estimate of drug-likeness (QED) is 0.347. The van der Waals surface area contributed by atoms with E-state index < -0.39 is 20.5 Å². The highest BCUT2D eigenvalue weighted by molar-refractivity contribution is 7.98. The molecule has 164 valence electrons. The summed E-state index contributed by atoms with van der Waals surface area (Å²) in [6, 6.07) is 19.1. The van der Waals surface area contributed by atoms with Gasteiger partial charge in [-0.3, -0.25) is 9.55 Å². The van der Waals surface area contributed by atoms with Gasteiger partial charge in [0.15, 0.2) is 11.0 Å². The molecule has 0 bridgehead atoms. The van der Waals surface area contributed by atoms with Crippen molar-refractivity contribution >= 4 is 21.6 Å². The van der Waals surface area contributed by atoms with Gasteiger partial charge in [-0.25, -0.2) is 8.42 Å². The molecule has 0 spiro atoms. The van der Waals surface area contributed by atoms with E-state index in [9.17, 15) is 17.2 Å². The summed E-state index contributed by atoms with van der Waals surface area (Å²) in [5, 5.41) is 9.39. The summed E-state index contributed by atoms with van der Waals surface area (Å²) < 4.78 is 50.6. The number of benzene rings is 2. The Balaban J connectivity index is 1.58. The second kappa shape index (κ2) is 9.58. The fraction of sp³-hybridized carbons (Fsp3) is 0.136. The summed E-state index contributed by atoms with van der Waals surface area (Å²) >= 11 is 1.43. The Bertz CT molecular complexity index is 1280. The molecular weight excluding hydrogens is 454 g/mol. The van der Waals surface area contributed by atoms with Gasteiger partial charge in [0.1, 0.15) is 0 Å². The number of nitrogens with zero attached hydrogens (tertiary/aromatic N) is 4. The maximum atomic E-state index is 12.7. The van der Waals surface area contributed by atoms with Crippen LogP contribution in [0, 0.1) is 0 Å².